The Balaban J connectivity index is 1.91. The monoisotopic (exact) mass is 411 g/mol. The van der Waals surface area contributed by atoms with Crippen LogP contribution in [0.3, 0.4) is 0 Å². The molecule has 0 saturated carbocycles. The topological polar surface area (TPSA) is 86.7 Å². The van der Waals surface area contributed by atoms with Crippen LogP contribution in [-0.2, 0) is 19.6 Å². The average molecular weight is 411 g/mol. The summed E-state index contributed by atoms with van der Waals surface area (Å²) in [5.74, 6) is -0.716. The number of carbonyl (C=O) groups excluding carboxylic acids is 1. The highest BCUT2D eigenvalue weighted by Crippen LogP contribution is 2.32. The zero-order chi connectivity index (χ0) is 21.5. The van der Waals surface area contributed by atoms with Gasteiger partial charge in [0.05, 0.1) is 17.4 Å². The van der Waals surface area contributed by atoms with Crippen molar-refractivity contribution in [2.45, 2.75) is 12.6 Å². The van der Waals surface area contributed by atoms with Crippen molar-refractivity contribution in [1.29, 1.82) is 0 Å². The molecule has 9 heteroatoms. The van der Waals surface area contributed by atoms with Crippen molar-refractivity contribution < 1.29 is 18.0 Å². The van der Waals surface area contributed by atoms with Crippen LogP contribution in [0.15, 0.2) is 54.9 Å². The molecule has 0 bridgehead atoms. The number of nitrogens with two attached hydrogens (primary N) is 1. The highest BCUT2D eigenvalue weighted by Gasteiger charge is 2.33. The first kappa shape index (κ1) is 19.6. The largest absolute Gasteiger partial charge is 0.433 e. The minimum absolute atomic E-state index is 0.0404. The van der Waals surface area contributed by atoms with E-state index in [0.717, 1.165) is 6.07 Å². The molecule has 0 aliphatic carbocycles. The second kappa shape index (κ2) is 7.25. The maximum atomic E-state index is 13.3. The lowest BCUT2D eigenvalue weighted by atomic mass is 9.98. The molecular weight excluding hydrogens is 395 g/mol. The third kappa shape index (κ3) is 3.73. The number of hydrogen-bond acceptors (Lipinski definition) is 4. The third-order valence-electron chi connectivity index (χ3n) is 4.69. The van der Waals surface area contributed by atoms with Crippen LogP contribution >= 0.6 is 0 Å². The van der Waals surface area contributed by atoms with Crippen LogP contribution in [0.4, 0.5) is 13.2 Å². The Labute approximate surface area is 169 Å². The molecule has 2 N–H and O–H groups in total. The first-order valence-corrected chi connectivity index (χ1v) is 8.97. The van der Waals surface area contributed by atoms with Gasteiger partial charge >= 0.3 is 6.18 Å². The van der Waals surface area contributed by atoms with E-state index in [1.54, 1.807) is 48.4 Å². The zero-order valence-electron chi connectivity index (χ0n) is 15.8. The minimum Gasteiger partial charge on any atom is -0.364 e. The number of rotatable bonds is 4. The van der Waals surface area contributed by atoms with Crippen molar-refractivity contribution in [3.05, 3.63) is 77.5 Å². The van der Waals surface area contributed by atoms with Crippen LogP contribution in [0.1, 0.15) is 27.4 Å². The molecule has 0 spiro atoms. The fourth-order valence-corrected chi connectivity index (χ4v) is 3.32. The number of primary amides is 1. The molecule has 3 heterocycles. The van der Waals surface area contributed by atoms with Gasteiger partial charge in [0.1, 0.15) is 11.4 Å². The van der Waals surface area contributed by atoms with Crippen molar-refractivity contribution in [2.24, 2.45) is 12.8 Å². The maximum absolute atomic E-state index is 13.3. The molecule has 30 heavy (non-hydrogen) atoms. The second-order valence-electron chi connectivity index (χ2n) is 6.82. The summed E-state index contributed by atoms with van der Waals surface area (Å²) in [6.07, 6.45) is -1.26. The maximum Gasteiger partial charge on any atom is 0.433 e. The van der Waals surface area contributed by atoms with E-state index in [0.29, 0.717) is 27.6 Å². The predicted octanol–water partition coefficient (Wildman–Crippen LogP) is 3.74. The quantitative estimate of drug-likeness (QED) is 0.554. The smallest absolute Gasteiger partial charge is 0.364 e. The second-order valence-corrected chi connectivity index (χ2v) is 6.82. The van der Waals surface area contributed by atoms with Crippen LogP contribution < -0.4 is 5.73 Å². The Kier molecular flexibility index (Phi) is 4.73. The van der Waals surface area contributed by atoms with Crippen molar-refractivity contribution in [3.8, 4) is 11.1 Å². The van der Waals surface area contributed by atoms with Crippen LogP contribution in [0.2, 0.25) is 0 Å². The summed E-state index contributed by atoms with van der Waals surface area (Å²) < 4.78 is 41.5. The van der Waals surface area contributed by atoms with E-state index in [2.05, 4.69) is 15.1 Å². The number of fused-ring (bicyclic) bond motifs is 1. The predicted molar refractivity (Wildman–Crippen MR) is 105 cm³/mol. The van der Waals surface area contributed by atoms with Crippen molar-refractivity contribution in [3.63, 3.8) is 0 Å². The third-order valence-corrected chi connectivity index (χ3v) is 4.69. The van der Waals surface area contributed by atoms with Gasteiger partial charge in [-0.15, -0.1) is 0 Å². The van der Waals surface area contributed by atoms with Gasteiger partial charge in [-0.3, -0.25) is 9.48 Å². The number of hydrogen-bond donors (Lipinski definition) is 1. The summed E-state index contributed by atoms with van der Waals surface area (Å²) in [6.45, 7) is 0. The highest BCUT2D eigenvalue weighted by molar-refractivity contribution is 5.95. The molecule has 4 aromatic rings. The number of amides is 1. The molecular formula is C21H16F3N5O. The van der Waals surface area contributed by atoms with Gasteiger partial charge in [0.15, 0.2) is 0 Å². The van der Waals surface area contributed by atoms with Gasteiger partial charge in [0.2, 0.25) is 0 Å². The lowest BCUT2D eigenvalue weighted by Gasteiger charge is -2.14. The number of aromatic nitrogens is 4. The molecule has 0 aliphatic heterocycles. The molecule has 6 nitrogen and oxygen atoms in total. The van der Waals surface area contributed by atoms with Gasteiger partial charge in [-0.25, -0.2) is 9.97 Å². The number of pyridine rings is 2. The van der Waals surface area contributed by atoms with Crippen molar-refractivity contribution in [1.82, 2.24) is 19.7 Å². The van der Waals surface area contributed by atoms with Crippen LogP contribution in [0.25, 0.3) is 22.0 Å². The lowest BCUT2D eigenvalue weighted by molar-refractivity contribution is -0.141. The minimum atomic E-state index is -4.58. The van der Waals surface area contributed by atoms with E-state index in [-0.39, 0.29) is 17.8 Å². The lowest BCUT2D eigenvalue weighted by Crippen LogP contribution is -2.14. The Hall–Kier alpha value is -3.75. The molecule has 0 unspecified atom stereocenters. The van der Waals surface area contributed by atoms with Crippen LogP contribution in [0.5, 0.6) is 0 Å². The van der Waals surface area contributed by atoms with Gasteiger partial charge in [0, 0.05) is 36.2 Å². The highest BCUT2D eigenvalue weighted by atomic mass is 19.4. The molecule has 1 aromatic carbocycles. The summed E-state index contributed by atoms with van der Waals surface area (Å²) in [5.41, 5.74) is 6.96. The summed E-state index contributed by atoms with van der Waals surface area (Å²) in [7, 11) is 1.72. The van der Waals surface area contributed by atoms with E-state index < -0.39 is 17.8 Å². The average Bonchev–Trinajstić information content (AvgIpc) is 3.13. The fraction of sp³-hybridized carbons (Fsp3) is 0.143. The summed E-state index contributed by atoms with van der Waals surface area (Å²) in [4.78, 5) is 19.8. The number of halogens is 3. The van der Waals surface area contributed by atoms with E-state index in [1.165, 1.54) is 12.1 Å². The number of nitrogens with zero attached hydrogens (tertiary/aromatic N) is 4. The SMILES string of the molecule is Cn1cc(-c2ccc(C(F)(F)F)nc2Cc2cc(C(N)=O)nc3ccccc23)cn1. The molecule has 0 fully saturated rings. The van der Waals surface area contributed by atoms with Gasteiger partial charge in [-0.05, 0) is 23.8 Å². The summed E-state index contributed by atoms with van der Waals surface area (Å²) in [5, 5.41) is 4.80. The van der Waals surface area contributed by atoms with Gasteiger partial charge in [0.25, 0.3) is 5.91 Å². The molecule has 1 amide bonds. The molecule has 152 valence electrons. The normalized spacial score (nSPS) is 11.7. The van der Waals surface area contributed by atoms with Gasteiger partial charge in [-0.2, -0.15) is 18.3 Å². The van der Waals surface area contributed by atoms with E-state index >= 15 is 0 Å². The van der Waals surface area contributed by atoms with Crippen molar-refractivity contribution >= 4 is 16.8 Å². The number of para-hydroxylation sites is 1. The molecule has 4 rings (SSSR count). The fourth-order valence-electron chi connectivity index (χ4n) is 3.32. The Bertz CT molecular complexity index is 1260. The van der Waals surface area contributed by atoms with Crippen LogP contribution in [-0.4, -0.2) is 25.7 Å². The number of carbonyl (C=O) groups is 1. The first-order chi connectivity index (χ1) is 14.2. The van der Waals surface area contributed by atoms with Crippen molar-refractivity contribution in [2.75, 3.05) is 0 Å². The number of aryl methyl sites for hydroxylation is 1. The molecule has 0 saturated heterocycles. The van der Waals surface area contributed by atoms with E-state index in [1.807, 2.05) is 0 Å². The number of alkyl halides is 3. The summed E-state index contributed by atoms with van der Waals surface area (Å²) in [6, 6.07) is 10.9. The first-order valence-electron chi connectivity index (χ1n) is 8.97. The molecule has 0 atom stereocenters. The zero-order valence-corrected chi connectivity index (χ0v) is 15.8. The Morgan fingerprint density at radius 3 is 2.57 bits per heavy atom. The van der Waals surface area contributed by atoms with Gasteiger partial charge in [-0.1, -0.05) is 24.3 Å². The Morgan fingerprint density at radius 1 is 1.13 bits per heavy atom. The summed E-state index contributed by atoms with van der Waals surface area (Å²) >= 11 is 0. The molecule has 0 radical (unpaired) electrons. The van der Waals surface area contributed by atoms with E-state index in [4.69, 9.17) is 5.73 Å². The van der Waals surface area contributed by atoms with Gasteiger partial charge < -0.3 is 5.73 Å². The number of benzene rings is 1. The van der Waals surface area contributed by atoms with E-state index in [9.17, 15) is 18.0 Å². The molecule has 3 aromatic heterocycles. The Morgan fingerprint density at radius 2 is 1.90 bits per heavy atom. The molecule has 0 aliphatic rings. The van der Waals surface area contributed by atoms with Crippen LogP contribution in [0, 0.1) is 0 Å². The standard InChI is InChI=1S/C21H16F3N5O/c1-29-11-13(10-26-29)15-6-7-19(21(22,23)24)28-17(15)8-12-9-18(20(25)30)27-16-5-3-2-4-14(12)16/h2-7,9-11H,8H2,1H3,(H2,25,30).